The van der Waals surface area contributed by atoms with Gasteiger partial charge in [-0.05, 0) is 100 Å². The molecule has 5 nitrogen and oxygen atoms in total. The maximum atomic E-state index is 12.3. The highest BCUT2D eigenvalue weighted by molar-refractivity contribution is 5.91. The Labute approximate surface area is 224 Å². The van der Waals surface area contributed by atoms with Gasteiger partial charge in [-0.25, -0.2) is 0 Å². The molecule has 5 rings (SSSR count). The van der Waals surface area contributed by atoms with Crippen LogP contribution in [0.3, 0.4) is 0 Å². The largest absolute Gasteiger partial charge is 0.573 e. The maximum absolute atomic E-state index is 12.3. The Hall–Kier alpha value is -2.32. The number of hydrogen-bond acceptors (Lipinski definition) is 4. The van der Waals surface area contributed by atoms with Crippen LogP contribution in [0.25, 0.3) is 6.08 Å². The van der Waals surface area contributed by atoms with E-state index in [0.29, 0.717) is 18.2 Å². The molecule has 0 radical (unpaired) electrons. The van der Waals surface area contributed by atoms with Gasteiger partial charge in [-0.15, -0.1) is 13.2 Å². The lowest BCUT2D eigenvalue weighted by Gasteiger charge is -2.55. The summed E-state index contributed by atoms with van der Waals surface area (Å²) in [5, 5.41) is 2.91. The van der Waals surface area contributed by atoms with Crippen molar-refractivity contribution in [2.45, 2.75) is 76.2 Å². The van der Waals surface area contributed by atoms with E-state index < -0.39 is 6.36 Å². The van der Waals surface area contributed by atoms with Crippen molar-refractivity contribution in [2.75, 3.05) is 32.7 Å². The third kappa shape index (κ3) is 7.00. The second kappa shape index (κ2) is 12.2. The minimum absolute atomic E-state index is 0.198. The van der Waals surface area contributed by atoms with Gasteiger partial charge in [0, 0.05) is 31.2 Å². The van der Waals surface area contributed by atoms with Crippen LogP contribution in [-0.2, 0) is 4.79 Å². The number of nitrogens with one attached hydrogen (secondary N) is 1. The predicted octanol–water partition coefficient (Wildman–Crippen LogP) is 5.78. The normalized spacial score (nSPS) is 27.9. The number of nitrogens with zero attached hydrogens (tertiary/aromatic N) is 2. The van der Waals surface area contributed by atoms with Gasteiger partial charge in [0.2, 0.25) is 5.91 Å². The standard InChI is InChI=1S/C30H40F3N3O2/c31-30(32,33)38-26-12-9-22(10-13-26)11-14-28(37)34-15-3-1-4-16-35-18-6-7-23-19-24-20-25(29(23)35)21-36-17-5-2-8-27(24)36/h9-14,19,24-25,27,29H,1-8,15-18,20-21H2,(H,34,37)/b14-11+/t24-,25+,27+,29+/m0/s1. The number of amides is 1. The molecule has 3 aliphatic heterocycles. The molecule has 1 aromatic rings. The summed E-state index contributed by atoms with van der Waals surface area (Å²) in [6.45, 7) is 5.53. The molecule has 0 unspecified atom stereocenters. The van der Waals surface area contributed by atoms with Crippen LogP contribution in [0.2, 0.25) is 0 Å². The number of likely N-dealkylation sites (tertiary alicyclic amines) is 1. The van der Waals surface area contributed by atoms with Crippen LogP contribution in [0.4, 0.5) is 13.2 Å². The van der Waals surface area contributed by atoms with E-state index in [9.17, 15) is 18.0 Å². The maximum Gasteiger partial charge on any atom is 0.573 e. The number of carbonyl (C=O) groups excluding carboxylic acids is 1. The van der Waals surface area contributed by atoms with Crippen LogP contribution < -0.4 is 10.1 Å². The van der Waals surface area contributed by atoms with E-state index in [0.717, 1.165) is 43.7 Å². The Morgan fingerprint density at radius 2 is 1.92 bits per heavy atom. The minimum Gasteiger partial charge on any atom is -0.406 e. The highest BCUT2D eigenvalue weighted by Gasteiger charge is 2.45. The quantitative estimate of drug-likeness (QED) is 0.249. The van der Waals surface area contributed by atoms with Crippen molar-refractivity contribution < 1.29 is 22.7 Å². The first-order valence-corrected chi connectivity index (χ1v) is 14.4. The highest BCUT2D eigenvalue weighted by Crippen LogP contribution is 2.45. The van der Waals surface area contributed by atoms with Gasteiger partial charge in [0.1, 0.15) is 5.75 Å². The summed E-state index contributed by atoms with van der Waals surface area (Å²) in [6, 6.07) is 6.87. The van der Waals surface area contributed by atoms with E-state index in [4.69, 9.17) is 0 Å². The van der Waals surface area contributed by atoms with Gasteiger partial charge in [-0.2, -0.15) is 0 Å². The van der Waals surface area contributed by atoms with Crippen molar-refractivity contribution in [3.63, 3.8) is 0 Å². The number of unbranched alkanes of at least 4 members (excludes halogenated alkanes) is 2. The van der Waals surface area contributed by atoms with Crippen LogP contribution >= 0.6 is 0 Å². The third-order valence-electron chi connectivity index (χ3n) is 8.72. The Kier molecular flexibility index (Phi) is 8.78. The van der Waals surface area contributed by atoms with Gasteiger partial charge in [-0.3, -0.25) is 14.6 Å². The Morgan fingerprint density at radius 1 is 1.08 bits per heavy atom. The molecular weight excluding hydrogens is 491 g/mol. The monoisotopic (exact) mass is 531 g/mol. The minimum atomic E-state index is -4.71. The van der Waals surface area contributed by atoms with Crippen molar-refractivity contribution >= 4 is 12.0 Å². The van der Waals surface area contributed by atoms with Crippen molar-refractivity contribution in [3.05, 3.63) is 47.6 Å². The Bertz CT molecular complexity index is 1010. The molecule has 0 aromatic heterocycles. The number of rotatable bonds is 9. The molecule has 208 valence electrons. The molecule has 0 spiro atoms. The molecule has 3 saturated heterocycles. The summed E-state index contributed by atoms with van der Waals surface area (Å²) in [7, 11) is 0. The Balaban J connectivity index is 1.01. The zero-order chi connectivity index (χ0) is 26.5. The first-order valence-electron chi connectivity index (χ1n) is 14.4. The molecule has 0 saturated carbocycles. The average Bonchev–Trinajstić information content (AvgIpc) is 2.89. The summed E-state index contributed by atoms with van der Waals surface area (Å²) in [6.07, 6.45) is 12.2. The molecule has 1 aromatic carbocycles. The van der Waals surface area contributed by atoms with Crippen molar-refractivity contribution in [3.8, 4) is 5.75 Å². The van der Waals surface area contributed by atoms with Crippen LogP contribution in [0, 0.1) is 11.8 Å². The first-order chi connectivity index (χ1) is 18.4. The molecule has 2 bridgehead atoms. The second-order valence-electron chi connectivity index (χ2n) is 11.3. The molecule has 1 aliphatic carbocycles. The van der Waals surface area contributed by atoms with E-state index in [-0.39, 0.29) is 11.7 Å². The second-order valence-corrected chi connectivity index (χ2v) is 11.3. The smallest absolute Gasteiger partial charge is 0.406 e. The molecule has 38 heavy (non-hydrogen) atoms. The summed E-state index contributed by atoms with van der Waals surface area (Å²) in [5.74, 6) is 1.09. The van der Waals surface area contributed by atoms with Crippen LogP contribution in [0.5, 0.6) is 5.75 Å². The summed E-state index contributed by atoms with van der Waals surface area (Å²) in [4.78, 5) is 17.7. The third-order valence-corrected chi connectivity index (χ3v) is 8.72. The van der Waals surface area contributed by atoms with Crippen LogP contribution in [-0.4, -0.2) is 66.9 Å². The zero-order valence-corrected chi connectivity index (χ0v) is 22.1. The Morgan fingerprint density at radius 3 is 2.74 bits per heavy atom. The molecule has 8 heteroatoms. The van der Waals surface area contributed by atoms with Crippen molar-refractivity contribution in [1.29, 1.82) is 0 Å². The molecule has 4 aliphatic rings. The number of halogens is 3. The van der Waals surface area contributed by atoms with E-state index >= 15 is 0 Å². The zero-order valence-electron chi connectivity index (χ0n) is 22.1. The molecule has 1 amide bonds. The van der Waals surface area contributed by atoms with Gasteiger partial charge in [0.05, 0.1) is 0 Å². The van der Waals surface area contributed by atoms with Gasteiger partial charge < -0.3 is 10.1 Å². The lowest BCUT2D eigenvalue weighted by Crippen LogP contribution is -2.59. The van der Waals surface area contributed by atoms with Gasteiger partial charge >= 0.3 is 6.36 Å². The number of carbonyl (C=O) groups is 1. The summed E-state index contributed by atoms with van der Waals surface area (Å²) >= 11 is 0. The van der Waals surface area contributed by atoms with Crippen LogP contribution in [0.1, 0.15) is 63.4 Å². The molecule has 1 N–H and O–H groups in total. The van der Waals surface area contributed by atoms with Gasteiger partial charge in [0.15, 0.2) is 0 Å². The fourth-order valence-electron chi connectivity index (χ4n) is 7.17. The lowest BCUT2D eigenvalue weighted by atomic mass is 9.68. The summed E-state index contributed by atoms with van der Waals surface area (Å²) in [5.41, 5.74) is 2.36. The topological polar surface area (TPSA) is 44.8 Å². The van der Waals surface area contributed by atoms with E-state index in [1.165, 1.54) is 88.5 Å². The van der Waals surface area contributed by atoms with Gasteiger partial charge in [0.25, 0.3) is 0 Å². The van der Waals surface area contributed by atoms with E-state index in [2.05, 4.69) is 25.9 Å². The van der Waals surface area contributed by atoms with E-state index in [1.54, 1.807) is 11.6 Å². The van der Waals surface area contributed by atoms with Crippen molar-refractivity contribution in [2.24, 2.45) is 11.8 Å². The number of fused-ring (bicyclic) bond motifs is 6. The SMILES string of the molecule is O=C(/C=C/c1ccc(OC(F)(F)F)cc1)NCCCCCN1CCCC2=C[C@H]3C[C@H](CN4CCCC[C@H]34)[C@@H]21. The fourth-order valence-corrected chi connectivity index (χ4v) is 7.17. The summed E-state index contributed by atoms with van der Waals surface area (Å²) < 4.78 is 40.6. The molecule has 3 fully saturated rings. The number of benzene rings is 1. The first kappa shape index (κ1) is 27.3. The molecular formula is C30H40F3N3O2. The number of alkyl halides is 3. The lowest BCUT2D eigenvalue weighted by molar-refractivity contribution is -0.274. The van der Waals surface area contributed by atoms with Gasteiger partial charge in [-0.1, -0.05) is 36.6 Å². The predicted molar refractivity (Wildman–Crippen MR) is 143 cm³/mol. The number of ether oxygens (including phenoxy) is 1. The van der Waals surface area contributed by atoms with Crippen molar-refractivity contribution in [1.82, 2.24) is 15.1 Å². The highest BCUT2D eigenvalue weighted by atomic mass is 19.4. The fraction of sp³-hybridized carbons (Fsp3) is 0.633. The number of hydrogen-bond donors (Lipinski definition) is 1. The molecule has 4 atom stereocenters. The van der Waals surface area contributed by atoms with Crippen LogP contribution in [0.15, 0.2) is 42.0 Å². The number of piperidine rings is 3. The average molecular weight is 532 g/mol. The molecule has 3 heterocycles. The van der Waals surface area contributed by atoms with E-state index in [1.807, 2.05) is 0 Å².